The summed E-state index contributed by atoms with van der Waals surface area (Å²) in [7, 11) is 1.81. The second-order valence-electron chi connectivity index (χ2n) is 8.32. The van der Waals surface area contributed by atoms with Crippen molar-refractivity contribution in [3.05, 3.63) is 95.6 Å². The Labute approximate surface area is 203 Å². The molecule has 0 N–H and O–H groups in total. The van der Waals surface area contributed by atoms with Crippen molar-refractivity contribution in [2.45, 2.75) is 18.8 Å². The second-order valence-corrected chi connectivity index (χ2v) is 8.32. The molecule has 36 heavy (non-hydrogen) atoms. The molecule has 1 aliphatic heterocycles. The fourth-order valence-electron chi connectivity index (χ4n) is 4.05. The lowest BCUT2D eigenvalue weighted by atomic mass is 10.0. The van der Waals surface area contributed by atoms with Crippen molar-refractivity contribution in [1.82, 2.24) is 24.6 Å². The van der Waals surface area contributed by atoms with Crippen LogP contribution in [0.2, 0.25) is 0 Å². The van der Waals surface area contributed by atoms with Crippen molar-refractivity contribution in [2.24, 2.45) is 7.05 Å². The number of aromatic nitrogens is 4. The van der Waals surface area contributed by atoms with Crippen molar-refractivity contribution in [3.63, 3.8) is 0 Å². The maximum atomic E-state index is 13.5. The molecule has 0 fully saturated rings. The summed E-state index contributed by atoms with van der Waals surface area (Å²) in [4.78, 5) is 22.4. The molecule has 11 heteroatoms. The van der Waals surface area contributed by atoms with E-state index in [1.54, 1.807) is 10.9 Å². The number of nitrogens with zero attached hydrogens (tertiary/aromatic N) is 5. The van der Waals surface area contributed by atoms with E-state index in [1.165, 1.54) is 17.0 Å². The van der Waals surface area contributed by atoms with Crippen LogP contribution in [-0.4, -0.2) is 37.2 Å². The van der Waals surface area contributed by atoms with E-state index in [0.717, 1.165) is 41.2 Å². The Morgan fingerprint density at radius 2 is 1.92 bits per heavy atom. The minimum atomic E-state index is -4.52. The number of hydrogen-bond donors (Lipinski definition) is 0. The molecule has 0 saturated heterocycles. The Bertz CT molecular complexity index is 1400. The van der Waals surface area contributed by atoms with E-state index in [-0.39, 0.29) is 24.4 Å². The average molecular weight is 497 g/mol. The smallest absolute Gasteiger partial charge is 0.417 e. The highest BCUT2D eigenvalue weighted by molar-refractivity contribution is 5.94. The van der Waals surface area contributed by atoms with Gasteiger partial charge in [-0.25, -0.2) is 4.98 Å². The fraction of sp³-hybridized carbons (Fsp3) is 0.200. The highest BCUT2D eigenvalue weighted by Gasteiger charge is 2.35. The molecule has 1 aliphatic rings. The Hall–Kier alpha value is -4.28. The first kappa shape index (κ1) is 23.5. The number of pyridine rings is 2. The molecule has 5 rings (SSSR count). The van der Waals surface area contributed by atoms with Crippen LogP contribution in [0, 0.1) is 5.95 Å². The van der Waals surface area contributed by atoms with Crippen LogP contribution in [0.4, 0.5) is 17.6 Å². The molecule has 1 amide bonds. The van der Waals surface area contributed by atoms with Gasteiger partial charge in [0.25, 0.3) is 5.91 Å². The lowest BCUT2D eigenvalue weighted by Gasteiger charge is -2.28. The first-order valence-corrected chi connectivity index (χ1v) is 10.9. The van der Waals surface area contributed by atoms with Gasteiger partial charge in [-0.05, 0) is 35.9 Å². The van der Waals surface area contributed by atoms with Gasteiger partial charge in [-0.2, -0.15) is 22.7 Å². The van der Waals surface area contributed by atoms with Crippen LogP contribution in [-0.2, 0) is 19.8 Å². The van der Waals surface area contributed by atoms with E-state index in [1.807, 2.05) is 31.4 Å². The zero-order chi connectivity index (χ0) is 25.4. The third kappa shape index (κ3) is 4.64. The minimum Gasteiger partial charge on any atom is -0.491 e. The number of amides is 1. The average Bonchev–Trinajstić information content (AvgIpc) is 3.48. The molecule has 1 atom stereocenters. The molecular formula is C25H19F4N5O2. The van der Waals surface area contributed by atoms with Gasteiger partial charge in [0.15, 0.2) is 0 Å². The van der Waals surface area contributed by atoms with Gasteiger partial charge in [0, 0.05) is 36.8 Å². The number of halogens is 4. The molecular weight excluding hydrogens is 478 g/mol. The maximum absolute atomic E-state index is 13.5. The van der Waals surface area contributed by atoms with Gasteiger partial charge >= 0.3 is 6.18 Å². The van der Waals surface area contributed by atoms with E-state index in [4.69, 9.17) is 4.74 Å². The van der Waals surface area contributed by atoms with Crippen LogP contribution in [0.3, 0.4) is 0 Å². The number of carbonyl (C=O) groups excluding carboxylic acids is 1. The quantitative estimate of drug-likeness (QED) is 0.292. The number of fused-ring (bicyclic) bond motifs is 1. The molecule has 3 aromatic heterocycles. The van der Waals surface area contributed by atoms with E-state index >= 15 is 0 Å². The van der Waals surface area contributed by atoms with Crippen LogP contribution in [0.15, 0.2) is 67.3 Å². The molecule has 0 radical (unpaired) electrons. The summed E-state index contributed by atoms with van der Waals surface area (Å²) in [6, 6.07) is 9.56. The van der Waals surface area contributed by atoms with Gasteiger partial charge in [-0.3, -0.25) is 14.5 Å². The van der Waals surface area contributed by atoms with Gasteiger partial charge < -0.3 is 9.64 Å². The lowest BCUT2D eigenvalue weighted by molar-refractivity contribution is -0.137. The predicted molar refractivity (Wildman–Crippen MR) is 120 cm³/mol. The molecule has 7 nitrogen and oxygen atoms in total. The second kappa shape index (κ2) is 9.06. The number of carbonyl (C=O) groups is 1. The van der Waals surface area contributed by atoms with Crippen LogP contribution in [0.25, 0.3) is 11.1 Å². The van der Waals surface area contributed by atoms with Crippen molar-refractivity contribution < 1.29 is 27.1 Å². The van der Waals surface area contributed by atoms with E-state index in [9.17, 15) is 22.4 Å². The SMILES string of the molecule is Cn1cc(-c2ccc3c(c2)OCC3N(Cc2ccc(C(F)(F)F)cn2)C(=O)c2ccc(F)nc2)cn1. The molecule has 1 aromatic carbocycles. The number of benzene rings is 1. The topological polar surface area (TPSA) is 73.1 Å². The van der Waals surface area contributed by atoms with Gasteiger partial charge in [0.05, 0.1) is 35.6 Å². The molecule has 4 heterocycles. The molecule has 1 unspecified atom stereocenters. The Kier molecular flexibility index (Phi) is 5.91. The van der Waals surface area contributed by atoms with Crippen LogP contribution < -0.4 is 4.74 Å². The predicted octanol–water partition coefficient (Wildman–Crippen LogP) is 4.81. The summed E-state index contributed by atoms with van der Waals surface area (Å²) in [6.45, 7) is 0.0407. The van der Waals surface area contributed by atoms with E-state index < -0.39 is 29.6 Å². The summed E-state index contributed by atoms with van der Waals surface area (Å²) < 4.78 is 59.8. The summed E-state index contributed by atoms with van der Waals surface area (Å²) in [6.07, 6.45) is 0.915. The zero-order valence-electron chi connectivity index (χ0n) is 18.9. The molecule has 184 valence electrons. The molecule has 0 saturated carbocycles. The van der Waals surface area contributed by atoms with Crippen molar-refractivity contribution in [1.29, 1.82) is 0 Å². The van der Waals surface area contributed by atoms with Crippen LogP contribution in [0.1, 0.15) is 33.2 Å². The number of ether oxygens (including phenoxy) is 1. The van der Waals surface area contributed by atoms with Gasteiger partial charge in [-0.15, -0.1) is 0 Å². The lowest BCUT2D eigenvalue weighted by Crippen LogP contribution is -2.35. The Morgan fingerprint density at radius 3 is 2.56 bits per heavy atom. The highest BCUT2D eigenvalue weighted by Crippen LogP contribution is 2.40. The third-order valence-corrected chi connectivity index (χ3v) is 5.90. The molecule has 0 bridgehead atoms. The summed E-state index contributed by atoms with van der Waals surface area (Å²) in [5, 5.41) is 4.17. The van der Waals surface area contributed by atoms with Crippen molar-refractivity contribution in [3.8, 4) is 16.9 Å². The van der Waals surface area contributed by atoms with Gasteiger partial charge in [0.1, 0.15) is 12.4 Å². The number of aryl methyl sites for hydroxylation is 1. The van der Waals surface area contributed by atoms with Crippen LogP contribution in [0.5, 0.6) is 5.75 Å². The standard InChI is InChI=1S/C25H19F4N5O2/c1-33-12-17(10-32-33)15-2-6-20-21(14-36-22(20)8-15)34(24(35)16-3-7-23(26)31-9-16)13-19-5-4-18(11-30-19)25(27,28)29/h2-12,21H,13-14H2,1H3. The largest absolute Gasteiger partial charge is 0.491 e. The molecule has 0 aliphatic carbocycles. The molecule has 0 spiro atoms. The summed E-state index contributed by atoms with van der Waals surface area (Å²) in [5.41, 5.74) is 2.01. The fourth-order valence-corrected chi connectivity index (χ4v) is 4.05. The van der Waals surface area contributed by atoms with Gasteiger partial charge in [-0.1, -0.05) is 12.1 Å². The Morgan fingerprint density at radius 1 is 1.08 bits per heavy atom. The van der Waals surface area contributed by atoms with Crippen molar-refractivity contribution >= 4 is 5.91 Å². The van der Waals surface area contributed by atoms with E-state index in [2.05, 4.69) is 15.1 Å². The molecule has 4 aromatic rings. The van der Waals surface area contributed by atoms with Gasteiger partial charge in [0.2, 0.25) is 5.95 Å². The number of hydrogen-bond acceptors (Lipinski definition) is 5. The normalized spacial score (nSPS) is 14.9. The first-order valence-electron chi connectivity index (χ1n) is 10.9. The van der Waals surface area contributed by atoms with Crippen LogP contribution >= 0.6 is 0 Å². The van der Waals surface area contributed by atoms with Crippen molar-refractivity contribution in [2.75, 3.05) is 6.61 Å². The number of rotatable bonds is 5. The monoisotopic (exact) mass is 497 g/mol. The number of alkyl halides is 3. The maximum Gasteiger partial charge on any atom is 0.417 e. The zero-order valence-corrected chi connectivity index (χ0v) is 18.9. The third-order valence-electron chi connectivity index (χ3n) is 5.90. The first-order chi connectivity index (χ1) is 17.2. The summed E-state index contributed by atoms with van der Waals surface area (Å²) in [5.74, 6) is -0.640. The minimum absolute atomic E-state index is 0.0911. The van der Waals surface area contributed by atoms with E-state index in [0.29, 0.717) is 5.75 Å². The highest BCUT2D eigenvalue weighted by atomic mass is 19.4. The Balaban J connectivity index is 1.48. The summed E-state index contributed by atoms with van der Waals surface area (Å²) >= 11 is 0.